The summed E-state index contributed by atoms with van der Waals surface area (Å²) in [7, 11) is -2.31. The number of ether oxygens (including phenoxy) is 1. The van der Waals surface area contributed by atoms with Crippen LogP contribution in [0.2, 0.25) is 0 Å². The van der Waals surface area contributed by atoms with Gasteiger partial charge in [-0.2, -0.15) is 9.41 Å². The predicted octanol–water partition coefficient (Wildman–Crippen LogP) is 4.64. The number of aromatic nitrogens is 1. The second-order valence-electron chi connectivity index (χ2n) is 8.51. The normalized spacial score (nSPS) is 11.8. The molecule has 1 N–H and O–H groups in total. The summed E-state index contributed by atoms with van der Waals surface area (Å²) in [6.07, 6.45) is 3.28. The van der Waals surface area contributed by atoms with Crippen LogP contribution in [0.25, 0.3) is 0 Å². The minimum atomic E-state index is -3.84. The van der Waals surface area contributed by atoms with E-state index in [9.17, 15) is 13.2 Å². The first kappa shape index (κ1) is 26.7. The van der Waals surface area contributed by atoms with Crippen LogP contribution in [0.5, 0.6) is 5.75 Å². The standard InChI is InChI=1S/C29H28N4O4S/c1-22(25-8-4-3-5-9-25)31-32-29(34)26-12-10-23(11-13-26)20-33(21-24-7-6-18-30-19-24)38(35,36)28-16-14-27(37-2)15-17-28/h3-19H,20-21H2,1-2H3,(H,32,34)/b31-22-. The van der Waals surface area contributed by atoms with Gasteiger partial charge in [-0.3, -0.25) is 9.78 Å². The van der Waals surface area contributed by atoms with E-state index in [1.165, 1.54) is 23.5 Å². The Balaban J connectivity index is 1.52. The number of methoxy groups -OCH3 is 1. The molecule has 0 fully saturated rings. The Hall–Kier alpha value is -4.34. The van der Waals surface area contributed by atoms with Crippen molar-refractivity contribution < 1.29 is 17.9 Å². The lowest BCUT2D eigenvalue weighted by atomic mass is 10.1. The molecule has 0 unspecified atom stereocenters. The summed E-state index contributed by atoms with van der Waals surface area (Å²) in [5.41, 5.74) is 6.07. The fourth-order valence-corrected chi connectivity index (χ4v) is 5.14. The molecule has 1 aromatic heterocycles. The molecule has 9 heteroatoms. The minimum Gasteiger partial charge on any atom is -0.497 e. The number of pyridine rings is 1. The number of hydrogen-bond donors (Lipinski definition) is 1. The highest BCUT2D eigenvalue weighted by molar-refractivity contribution is 7.89. The molecule has 38 heavy (non-hydrogen) atoms. The van der Waals surface area contributed by atoms with Gasteiger partial charge in [-0.05, 0) is 66.1 Å². The number of hydrogen-bond acceptors (Lipinski definition) is 6. The van der Waals surface area contributed by atoms with E-state index in [1.807, 2.05) is 43.3 Å². The van der Waals surface area contributed by atoms with Crippen molar-refractivity contribution in [3.8, 4) is 5.75 Å². The van der Waals surface area contributed by atoms with Crippen molar-refractivity contribution in [2.24, 2.45) is 5.10 Å². The zero-order chi connectivity index (χ0) is 27.0. The van der Waals surface area contributed by atoms with Crippen molar-refractivity contribution in [3.05, 3.63) is 126 Å². The van der Waals surface area contributed by atoms with E-state index < -0.39 is 10.0 Å². The maximum atomic E-state index is 13.6. The Morgan fingerprint density at radius 2 is 1.55 bits per heavy atom. The van der Waals surface area contributed by atoms with Crippen LogP contribution in [0.15, 0.2) is 113 Å². The Kier molecular flexibility index (Phi) is 8.62. The first-order valence-corrected chi connectivity index (χ1v) is 13.3. The summed E-state index contributed by atoms with van der Waals surface area (Å²) < 4.78 is 33.7. The van der Waals surface area contributed by atoms with Crippen molar-refractivity contribution in [1.29, 1.82) is 0 Å². The fourth-order valence-electron chi connectivity index (χ4n) is 3.73. The van der Waals surface area contributed by atoms with E-state index in [-0.39, 0.29) is 23.9 Å². The van der Waals surface area contributed by atoms with Gasteiger partial charge in [0.25, 0.3) is 5.91 Å². The van der Waals surface area contributed by atoms with Crippen molar-refractivity contribution in [2.75, 3.05) is 7.11 Å². The molecule has 0 radical (unpaired) electrons. The van der Waals surface area contributed by atoms with Gasteiger partial charge in [0.15, 0.2) is 0 Å². The monoisotopic (exact) mass is 528 g/mol. The van der Waals surface area contributed by atoms with Crippen LogP contribution < -0.4 is 10.2 Å². The number of hydrazone groups is 1. The molecule has 0 saturated heterocycles. The molecular weight excluding hydrogens is 500 g/mol. The third-order valence-electron chi connectivity index (χ3n) is 5.87. The molecule has 1 amide bonds. The Bertz CT molecular complexity index is 1490. The van der Waals surface area contributed by atoms with E-state index in [0.717, 1.165) is 16.7 Å². The molecule has 0 aliphatic heterocycles. The first-order chi connectivity index (χ1) is 18.4. The largest absolute Gasteiger partial charge is 0.497 e. The van der Waals surface area contributed by atoms with Crippen LogP contribution in [-0.4, -0.2) is 36.4 Å². The van der Waals surface area contributed by atoms with Gasteiger partial charge in [-0.15, -0.1) is 0 Å². The number of carbonyl (C=O) groups excluding carboxylic acids is 1. The lowest BCUT2D eigenvalue weighted by molar-refractivity contribution is 0.0955. The zero-order valence-corrected chi connectivity index (χ0v) is 21.9. The highest BCUT2D eigenvalue weighted by Gasteiger charge is 2.25. The quantitative estimate of drug-likeness (QED) is 0.239. The summed E-state index contributed by atoms with van der Waals surface area (Å²) >= 11 is 0. The highest BCUT2D eigenvalue weighted by Crippen LogP contribution is 2.23. The van der Waals surface area contributed by atoms with Crippen LogP contribution in [0.3, 0.4) is 0 Å². The first-order valence-electron chi connectivity index (χ1n) is 11.9. The maximum absolute atomic E-state index is 13.6. The summed E-state index contributed by atoms with van der Waals surface area (Å²) in [6, 6.07) is 26.2. The van der Waals surface area contributed by atoms with Crippen molar-refractivity contribution in [1.82, 2.24) is 14.7 Å². The number of nitrogens with zero attached hydrogens (tertiary/aromatic N) is 3. The van der Waals surface area contributed by atoms with Gasteiger partial charge in [0.1, 0.15) is 5.75 Å². The van der Waals surface area contributed by atoms with Gasteiger partial charge >= 0.3 is 0 Å². The maximum Gasteiger partial charge on any atom is 0.271 e. The van der Waals surface area contributed by atoms with E-state index in [0.29, 0.717) is 17.0 Å². The summed E-state index contributed by atoms with van der Waals surface area (Å²) in [5.74, 6) is 0.213. The second-order valence-corrected chi connectivity index (χ2v) is 10.4. The van der Waals surface area contributed by atoms with Crippen LogP contribution in [0.4, 0.5) is 0 Å². The molecule has 8 nitrogen and oxygen atoms in total. The molecule has 4 rings (SSSR count). The molecule has 0 atom stereocenters. The zero-order valence-electron chi connectivity index (χ0n) is 21.1. The van der Waals surface area contributed by atoms with E-state index in [4.69, 9.17) is 4.74 Å². The van der Waals surface area contributed by atoms with E-state index in [2.05, 4.69) is 15.5 Å². The number of carbonyl (C=O) groups is 1. The molecule has 0 aliphatic carbocycles. The Morgan fingerprint density at radius 1 is 0.868 bits per heavy atom. The molecule has 0 bridgehead atoms. The number of nitrogens with one attached hydrogen (secondary N) is 1. The second kappa shape index (κ2) is 12.3. The number of benzene rings is 3. The van der Waals surface area contributed by atoms with Crippen LogP contribution in [0.1, 0.15) is 34.0 Å². The third-order valence-corrected chi connectivity index (χ3v) is 7.68. The van der Waals surface area contributed by atoms with Crippen molar-refractivity contribution >= 4 is 21.6 Å². The highest BCUT2D eigenvalue weighted by atomic mass is 32.2. The number of rotatable bonds is 10. The molecule has 194 valence electrons. The number of amides is 1. The summed E-state index contributed by atoms with van der Waals surface area (Å²) in [6.45, 7) is 2.06. The van der Waals surface area contributed by atoms with Gasteiger partial charge in [0.2, 0.25) is 10.0 Å². The summed E-state index contributed by atoms with van der Waals surface area (Å²) in [4.78, 5) is 16.9. The van der Waals surface area contributed by atoms with E-state index >= 15 is 0 Å². The Labute approximate surface area is 222 Å². The minimum absolute atomic E-state index is 0.108. The van der Waals surface area contributed by atoms with Gasteiger partial charge in [-0.25, -0.2) is 13.8 Å². The molecule has 3 aromatic carbocycles. The molecule has 1 heterocycles. The predicted molar refractivity (Wildman–Crippen MR) is 146 cm³/mol. The van der Waals surface area contributed by atoms with Crippen molar-refractivity contribution in [2.45, 2.75) is 24.9 Å². The molecule has 0 saturated carbocycles. The topological polar surface area (TPSA) is 101 Å². The third kappa shape index (κ3) is 6.70. The van der Waals surface area contributed by atoms with E-state index in [1.54, 1.807) is 54.9 Å². The molecule has 0 aliphatic rings. The molecule has 0 spiro atoms. The molecule has 4 aromatic rings. The average Bonchev–Trinajstić information content (AvgIpc) is 2.96. The smallest absolute Gasteiger partial charge is 0.271 e. The van der Waals surface area contributed by atoms with Gasteiger partial charge in [-0.1, -0.05) is 48.5 Å². The summed E-state index contributed by atoms with van der Waals surface area (Å²) in [5, 5.41) is 4.18. The Morgan fingerprint density at radius 3 is 2.18 bits per heavy atom. The van der Waals surface area contributed by atoms with Crippen LogP contribution in [-0.2, 0) is 23.1 Å². The average molecular weight is 529 g/mol. The van der Waals surface area contributed by atoms with Gasteiger partial charge in [0.05, 0.1) is 17.7 Å². The van der Waals surface area contributed by atoms with Crippen molar-refractivity contribution in [3.63, 3.8) is 0 Å². The van der Waals surface area contributed by atoms with Crippen LogP contribution >= 0.6 is 0 Å². The lowest BCUT2D eigenvalue weighted by Crippen LogP contribution is -2.30. The number of sulfonamides is 1. The SMILES string of the molecule is COc1ccc(S(=O)(=O)N(Cc2ccc(C(=O)N/N=C(/C)c3ccccc3)cc2)Cc2cccnc2)cc1. The van der Waals surface area contributed by atoms with Gasteiger partial charge in [0, 0.05) is 31.0 Å². The van der Waals surface area contributed by atoms with Gasteiger partial charge < -0.3 is 4.74 Å². The lowest BCUT2D eigenvalue weighted by Gasteiger charge is -2.22. The van der Waals surface area contributed by atoms with Crippen LogP contribution in [0, 0.1) is 0 Å². The molecular formula is C29H28N4O4S. The fraction of sp³-hybridized carbons (Fsp3) is 0.138.